The fraction of sp³-hybridized carbons (Fsp3) is 0.731. The van der Waals surface area contributed by atoms with Gasteiger partial charge in [0.1, 0.15) is 6.61 Å². The van der Waals surface area contributed by atoms with Gasteiger partial charge in [-0.3, -0.25) is 28.8 Å². The second-order valence-electron chi connectivity index (χ2n) is 22.3. The molecular weight excluding hydrogens is 852 g/mol. The molecule has 0 unspecified atom stereocenters. The molecule has 8 aliphatic carbocycles. The quantitative estimate of drug-likeness (QED) is 0.235. The van der Waals surface area contributed by atoms with E-state index in [1.165, 1.54) is 12.2 Å². The molecule has 13 nitrogen and oxygen atoms in total. The molecule has 0 bridgehead atoms. The van der Waals surface area contributed by atoms with Gasteiger partial charge in [0.2, 0.25) is 5.78 Å². The average molecular weight is 921 g/mol. The number of alkyl halides is 1. The normalized spacial score (nSPS) is 46.7. The minimum absolute atomic E-state index is 0.0167. The fourth-order valence-electron chi connectivity index (χ4n) is 16.0. The molecule has 3 N–H and O–H groups in total. The van der Waals surface area contributed by atoms with Crippen LogP contribution >= 0.6 is 0 Å². The first kappa shape index (κ1) is 48.8. The first-order chi connectivity index (χ1) is 30.8. The topological polar surface area (TPSA) is 200 Å². The van der Waals surface area contributed by atoms with Crippen LogP contribution in [0.1, 0.15) is 127 Å². The highest BCUT2D eigenvalue weighted by Gasteiger charge is 2.79. The van der Waals surface area contributed by atoms with Gasteiger partial charge in [0.15, 0.2) is 46.6 Å². The van der Waals surface area contributed by atoms with Crippen LogP contribution in [0.3, 0.4) is 0 Å². The molecule has 362 valence electrons. The summed E-state index contributed by atoms with van der Waals surface area (Å²) in [6.07, 6.45) is 11.4. The Hall–Kier alpha value is -3.69. The van der Waals surface area contributed by atoms with Crippen molar-refractivity contribution >= 4 is 35.1 Å². The lowest BCUT2D eigenvalue weighted by Crippen LogP contribution is -2.70. The Kier molecular flexibility index (Phi) is 12.0. The fourth-order valence-corrected chi connectivity index (χ4v) is 16.0. The summed E-state index contributed by atoms with van der Waals surface area (Å²) in [7, 11) is 0. The van der Waals surface area contributed by atoms with Crippen LogP contribution in [0.25, 0.3) is 0 Å². The first-order valence-electron chi connectivity index (χ1n) is 24.2. The number of aliphatic hydroxyl groups excluding tert-OH is 3. The zero-order valence-electron chi connectivity index (χ0n) is 39.9. The Morgan fingerprint density at radius 3 is 2.09 bits per heavy atom. The number of hydrogen-bond acceptors (Lipinski definition) is 13. The molecule has 14 heteroatoms. The van der Waals surface area contributed by atoms with Crippen LogP contribution in [0.2, 0.25) is 0 Å². The van der Waals surface area contributed by atoms with E-state index >= 15 is 4.39 Å². The van der Waals surface area contributed by atoms with Crippen molar-refractivity contribution in [2.75, 3.05) is 13.2 Å². The van der Waals surface area contributed by atoms with E-state index in [0.29, 0.717) is 37.7 Å². The van der Waals surface area contributed by atoms with Gasteiger partial charge in [-0.2, -0.15) is 0 Å². The molecule has 0 aromatic carbocycles. The Bertz CT molecular complexity index is 2230. The van der Waals surface area contributed by atoms with Crippen molar-refractivity contribution in [2.45, 2.75) is 167 Å². The number of hydrogen-bond donors (Lipinski definition) is 3. The van der Waals surface area contributed by atoms with Gasteiger partial charge in [0, 0.05) is 52.3 Å². The highest BCUT2D eigenvalue weighted by molar-refractivity contribution is 6.02. The summed E-state index contributed by atoms with van der Waals surface area (Å²) in [5.41, 5.74) is -6.38. The predicted octanol–water partition coefficient (Wildman–Crippen LogP) is 6.14. The molecule has 66 heavy (non-hydrogen) atoms. The van der Waals surface area contributed by atoms with E-state index in [1.54, 1.807) is 59.8 Å². The van der Waals surface area contributed by atoms with Crippen LogP contribution in [0.15, 0.2) is 47.6 Å². The SMILES string of the molecule is CC1(C)O[C@@H]2C[C@H]3[C@@H]4CCC5=CC(=O)C=C[C@]5(C)[C@H]4[C@@H](O)C[C@]3(C)[C@]2(C(=O)CO)O1.CCC(=O)OCC(=O)[C@@]1(OC(=O)CC)[C@@H](C)C[C@H]2[C@@H]3CCC4=CC(=O)C=C[C@]4(C)[C@@]3(F)[C@@H](O)C[C@@]21C. The van der Waals surface area contributed by atoms with Crippen LogP contribution in [0, 0.1) is 57.2 Å². The maximum Gasteiger partial charge on any atom is 0.306 e. The Balaban J connectivity index is 0.000000182. The standard InChI is InChI=1S/C28H37FO7.C24H32O6/c1-6-23(33)35-15-22(32)28(36-24(34)7-2)16(3)12-20-19-9-8-17-13-18(30)10-11-25(17,4)27(19,29)21(31)14-26(20,28)5;1-21(2)29-19-10-16-15-6-5-13-9-14(26)7-8-22(13,3)20(15)17(27)11-23(16,4)24(19,30-21)18(28)12-25/h10-11,13,16,19-21,31H,6-9,12,14-15H2,1-5H3;7-9,15-17,19-20,25,27H,5-6,10-12H2,1-4H3/t16-,19-,20-,21-,25-,26-,27-,28-;15-,16-,17-,19+,20+,22-,23-,24+/m00/s1. The summed E-state index contributed by atoms with van der Waals surface area (Å²) in [4.78, 5) is 75.4. The number of aliphatic hydroxyl groups is 3. The maximum absolute atomic E-state index is 17.4. The van der Waals surface area contributed by atoms with E-state index in [4.69, 9.17) is 18.9 Å². The highest BCUT2D eigenvalue weighted by Crippen LogP contribution is 2.73. The zero-order valence-corrected chi connectivity index (χ0v) is 39.9. The number of allylic oxidation sites excluding steroid dienone is 8. The van der Waals surface area contributed by atoms with E-state index in [1.807, 2.05) is 19.9 Å². The van der Waals surface area contributed by atoms with Crippen LogP contribution < -0.4 is 0 Å². The van der Waals surface area contributed by atoms with E-state index in [2.05, 4.69) is 6.92 Å². The van der Waals surface area contributed by atoms with Gasteiger partial charge in [-0.15, -0.1) is 0 Å². The van der Waals surface area contributed by atoms with Gasteiger partial charge in [-0.1, -0.05) is 64.8 Å². The molecule has 0 spiro atoms. The van der Waals surface area contributed by atoms with Crippen molar-refractivity contribution in [1.29, 1.82) is 0 Å². The van der Waals surface area contributed by atoms with Crippen molar-refractivity contribution in [3.63, 3.8) is 0 Å². The summed E-state index contributed by atoms with van der Waals surface area (Å²) in [6.45, 7) is 15.2. The minimum atomic E-state index is -2.05. The van der Waals surface area contributed by atoms with Crippen LogP contribution in [-0.2, 0) is 47.7 Å². The number of carbonyl (C=O) groups excluding carboxylic acids is 6. The lowest BCUT2D eigenvalue weighted by molar-refractivity contribution is -0.228. The monoisotopic (exact) mass is 920 g/mol. The molecule has 9 rings (SSSR count). The molecule has 0 aromatic rings. The van der Waals surface area contributed by atoms with Crippen LogP contribution in [-0.4, -0.2) is 105 Å². The molecule has 9 aliphatic rings. The summed E-state index contributed by atoms with van der Waals surface area (Å²) >= 11 is 0. The van der Waals surface area contributed by atoms with Gasteiger partial charge in [-0.25, -0.2) is 4.39 Å². The molecule has 6 saturated carbocycles. The second-order valence-corrected chi connectivity index (χ2v) is 22.3. The molecule has 1 aliphatic heterocycles. The number of esters is 2. The molecule has 1 saturated heterocycles. The van der Waals surface area contributed by atoms with Crippen molar-refractivity contribution in [3.05, 3.63) is 47.6 Å². The number of ketones is 4. The van der Waals surface area contributed by atoms with Crippen molar-refractivity contribution < 1.29 is 67.4 Å². The lowest BCUT2D eigenvalue weighted by Gasteiger charge is -2.62. The van der Waals surface area contributed by atoms with Crippen molar-refractivity contribution in [2.24, 2.45) is 57.2 Å². The average Bonchev–Trinajstić information content (AvgIpc) is 3.77. The van der Waals surface area contributed by atoms with E-state index in [0.717, 1.165) is 18.4 Å². The largest absolute Gasteiger partial charge is 0.457 e. The van der Waals surface area contributed by atoms with E-state index in [-0.39, 0.29) is 65.7 Å². The summed E-state index contributed by atoms with van der Waals surface area (Å²) in [6, 6.07) is 0. The molecule has 1 heterocycles. The number of rotatable bonds is 8. The molecule has 16 atom stereocenters. The Morgan fingerprint density at radius 2 is 1.44 bits per heavy atom. The highest BCUT2D eigenvalue weighted by atomic mass is 19.1. The number of carbonyl (C=O) groups is 6. The first-order valence-corrected chi connectivity index (χ1v) is 24.2. The van der Waals surface area contributed by atoms with Gasteiger partial charge in [-0.05, 0) is 114 Å². The summed E-state index contributed by atoms with van der Waals surface area (Å²) in [5.74, 6) is -4.25. The van der Waals surface area contributed by atoms with Crippen molar-refractivity contribution in [3.8, 4) is 0 Å². The molecular formula is C52H69FO13. The Labute approximate surface area is 387 Å². The van der Waals surface area contributed by atoms with E-state index in [9.17, 15) is 44.1 Å². The predicted molar refractivity (Wildman–Crippen MR) is 237 cm³/mol. The van der Waals surface area contributed by atoms with Gasteiger partial charge >= 0.3 is 11.9 Å². The second kappa shape index (κ2) is 16.2. The molecule has 0 amide bonds. The number of ether oxygens (including phenoxy) is 4. The summed E-state index contributed by atoms with van der Waals surface area (Å²) < 4.78 is 41.1. The van der Waals surface area contributed by atoms with Gasteiger partial charge < -0.3 is 34.3 Å². The lowest BCUT2D eigenvalue weighted by atomic mass is 9.44. The summed E-state index contributed by atoms with van der Waals surface area (Å²) in [5, 5.41) is 32.9. The smallest absolute Gasteiger partial charge is 0.306 e. The third-order valence-electron chi connectivity index (χ3n) is 18.9. The molecule has 0 aromatic heterocycles. The Morgan fingerprint density at radius 1 is 0.803 bits per heavy atom. The third-order valence-corrected chi connectivity index (χ3v) is 18.9. The van der Waals surface area contributed by atoms with Crippen LogP contribution in [0.4, 0.5) is 4.39 Å². The van der Waals surface area contributed by atoms with Crippen LogP contribution in [0.5, 0.6) is 0 Å². The van der Waals surface area contributed by atoms with E-state index < -0.39 is 100.0 Å². The number of Topliss-reactive ketones (excluding diaryl/α,β-unsaturated/α-hetero) is 2. The molecule has 7 fully saturated rings. The maximum atomic E-state index is 17.4. The van der Waals surface area contributed by atoms with Crippen molar-refractivity contribution in [1.82, 2.24) is 0 Å². The van der Waals surface area contributed by atoms with Gasteiger partial charge in [0.25, 0.3) is 0 Å². The van der Waals surface area contributed by atoms with Gasteiger partial charge in [0.05, 0.1) is 18.3 Å². The molecule has 0 radical (unpaired) electrons. The zero-order chi connectivity index (χ0) is 48.4. The number of halogens is 1. The minimum Gasteiger partial charge on any atom is -0.457 e. The number of fused-ring (bicyclic) bond motifs is 12. The third kappa shape index (κ3) is 6.53.